The number of para-hydroxylation sites is 3. The van der Waals surface area contributed by atoms with E-state index in [4.69, 9.17) is 13.9 Å². The molecule has 1 N–H and O–H groups in total. The molecule has 0 fully saturated rings. The van der Waals surface area contributed by atoms with Gasteiger partial charge in [0.1, 0.15) is 22.7 Å². The maximum atomic E-state index is 12.3. The van der Waals surface area contributed by atoms with Crippen LogP contribution < -0.4 is 14.8 Å². The van der Waals surface area contributed by atoms with Gasteiger partial charge in [-0.2, -0.15) is 0 Å². The smallest absolute Gasteiger partial charge is 0.262 e. The summed E-state index contributed by atoms with van der Waals surface area (Å²) in [5.41, 5.74) is 2.25. The molecule has 0 aliphatic rings. The first-order valence-corrected chi connectivity index (χ1v) is 8.80. The van der Waals surface area contributed by atoms with E-state index >= 15 is 0 Å². The van der Waals surface area contributed by atoms with E-state index in [-0.39, 0.29) is 12.5 Å². The van der Waals surface area contributed by atoms with E-state index in [9.17, 15) is 4.79 Å². The predicted molar refractivity (Wildman–Crippen MR) is 105 cm³/mol. The Labute approximate surface area is 156 Å². The van der Waals surface area contributed by atoms with E-state index in [1.165, 1.54) is 0 Å². The molecule has 27 heavy (non-hydrogen) atoms. The van der Waals surface area contributed by atoms with Crippen LogP contribution in [0.25, 0.3) is 21.9 Å². The number of ether oxygens (including phenoxy) is 2. The van der Waals surface area contributed by atoms with Gasteiger partial charge >= 0.3 is 0 Å². The molecular formula is C22H19NO4. The number of amides is 1. The average Bonchev–Trinajstić information content (AvgIpc) is 3.06. The van der Waals surface area contributed by atoms with Crippen molar-refractivity contribution in [2.45, 2.75) is 6.92 Å². The van der Waals surface area contributed by atoms with Crippen LogP contribution in [0.4, 0.5) is 5.69 Å². The number of furan rings is 1. The maximum absolute atomic E-state index is 12.3. The highest BCUT2D eigenvalue weighted by Gasteiger charge is 2.10. The zero-order chi connectivity index (χ0) is 18.6. The van der Waals surface area contributed by atoms with Gasteiger partial charge < -0.3 is 19.2 Å². The van der Waals surface area contributed by atoms with Gasteiger partial charge in [-0.15, -0.1) is 0 Å². The number of benzene rings is 3. The highest BCUT2D eigenvalue weighted by Crippen LogP contribution is 2.31. The van der Waals surface area contributed by atoms with Crippen molar-refractivity contribution in [1.29, 1.82) is 0 Å². The van der Waals surface area contributed by atoms with Gasteiger partial charge in [-0.05, 0) is 43.3 Å². The van der Waals surface area contributed by atoms with E-state index in [1.807, 2.05) is 61.5 Å². The molecule has 0 aliphatic carbocycles. The molecular weight excluding hydrogens is 342 g/mol. The fourth-order valence-electron chi connectivity index (χ4n) is 2.98. The van der Waals surface area contributed by atoms with E-state index in [2.05, 4.69) is 5.32 Å². The summed E-state index contributed by atoms with van der Waals surface area (Å²) in [4.78, 5) is 12.3. The third-order valence-electron chi connectivity index (χ3n) is 4.18. The van der Waals surface area contributed by atoms with Crippen molar-refractivity contribution >= 4 is 33.5 Å². The molecule has 0 radical (unpaired) electrons. The zero-order valence-corrected chi connectivity index (χ0v) is 14.9. The monoisotopic (exact) mass is 361 g/mol. The Kier molecular flexibility index (Phi) is 4.66. The Balaban J connectivity index is 1.47. The minimum Gasteiger partial charge on any atom is -0.492 e. The van der Waals surface area contributed by atoms with Crippen LogP contribution in [-0.2, 0) is 4.79 Å². The number of anilines is 1. The number of hydrogen-bond acceptors (Lipinski definition) is 4. The average molecular weight is 361 g/mol. The van der Waals surface area contributed by atoms with Crippen molar-refractivity contribution in [1.82, 2.24) is 0 Å². The number of fused-ring (bicyclic) bond motifs is 3. The van der Waals surface area contributed by atoms with Gasteiger partial charge in [-0.3, -0.25) is 4.79 Å². The van der Waals surface area contributed by atoms with Crippen LogP contribution in [0.15, 0.2) is 71.1 Å². The summed E-state index contributed by atoms with van der Waals surface area (Å²) < 4.78 is 17.0. The summed E-state index contributed by atoms with van der Waals surface area (Å²) in [6.45, 7) is 2.33. The number of carbonyl (C=O) groups is 1. The van der Waals surface area contributed by atoms with Gasteiger partial charge in [-0.1, -0.05) is 30.3 Å². The number of nitrogens with one attached hydrogen (secondary N) is 1. The van der Waals surface area contributed by atoms with Gasteiger partial charge in [0.25, 0.3) is 5.91 Å². The third kappa shape index (κ3) is 3.58. The van der Waals surface area contributed by atoms with Crippen molar-refractivity contribution in [3.63, 3.8) is 0 Å². The first-order chi connectivity index (χ1) is 13.2. The lowest BCUT2D eigenvalue weighted by Gasteiger charge is -2.11. The van der Waals surface area contributed by atoms with Crippen molar-refractivity contribution in [2.24, 2.45) is 0 Å². The maximum Gasteiger partial charge on any atom is 0.262 e. The van der Waals surface area contributed by atoms with Gasteiger partial charge in [0, 0.05) is 10.8 Å². The lowest BCUT2D eigenvalue weighted by Crippen LogP contribution is -2.20. The number of carbonyl (C=O) groups excluding carboxylic acids is 1. The predicted octanol–water partition coefficient (Wildman–Crippen LogP) is 5.00. The van der Waals surface area contributed by atoms with Crippen LogP contribution in [0.3, 0.4) is 0 Å². The Bertz CT molecular complexity index is 1100. The molecule has 3 aromatic carbocycles. The van der Waals surface area contributed by atoms with Crippen LogP contribution in [0.2, 0.25) is 0 Å². The molecule has 1 aromatic heterocycles. The molecule has 0 atom stereocenters. The standard InChI is InChI=1S/C22H19NO4/c1-2-25-21-10-6-4-8-18(21)23-22(24)14-26-15-11-12-20-17(13-15)16-7-3-5-9-19(16)27-20/h3-13H,2,14H2,1H3,(H,23,24). The molecule has 0 aliphatic heterocycles. The zero-order valence-electron chi connectivity index (χ0n) is 14.9. The minimum absolute atomic E-state index is 0.0955. The lowest BCUT2D eigenvalue weighted by atomic mass is 10.1. The Morgan fingerprint density at radius 3 is 2.59 bits per heavy atom. The Morgan fingerprint density at radius 2 is 1.70 bits per heavy atom. The molecule has 5 nitrogen and oxygen atoms in total. The van der Waals surface area contributed by atoms with Crippen molar-refractivity contribution in [3.8, 4) is 11.5 Å². The minimum atomic E-state index is -0.251. The highest BCUT2D eigenvalue weighted by atomic mass is 16.5. The summed E-state index contributed by atoms with van der Waals surface area (Å²) in [6, 6.07) is 20.7. The van der Waals surface area contributed by atoms with Crippen LogP contribution >= 0.6 is 0 Å². The van der Waals surface area contributed by atoms with Crippen LogP contribution in [0.5, 0.6) is 11.5 Å². The summed E-state index contributed by atoms with van der Waals surface area (Å²) in [5, 5.41) is 4.80. The van der Waals surface area contributed by atoms with Crippen LogP contribution in [-0.4, -0.2) is 19.1 Å². The topological polar surface area (TPSA) is 60.7 Å². The molecule has 4 rings (SSSR count). The summed E-state index contributed by atoms with van der Waals surface area (Å²) >= 11 is 0. The normalized spacial score (nSPS) is 10.9. The molecule has 0 bridgehead atoms. The second-order valence-electron chi connectivity index (χ2n) is 6.02. The molecule has 1 heterocycles. The van der Waals surface area contributed by atoms with Crippen LogP contribution in [0, 0.1) is 0 Å². The van der Waals surface area contributed by atoms with Crippen molar-refractivity contribution in [3.05, 3.63) is 66.7 Å². The van der Waals surface area contributed by atoms with Crippen LogP contribution in [0.1, 0.15) is 6.92 Å². The fourth-order valence-corrected chi connectivity index (χ4v) is 2.98. The Morgan fingerprint density at radius 1 is 0.926 bits per heavy atom. The fraction of sp³-hybridized carbons (Fsp3) is 0.136. The summed E-state index contributed by atoms with van der Waals surface area (Å²) in [5.74, 6) is 1.00. The van der Waals surface area contributed by atoms with Gasteiger partial charge in [-0.25, -0.2) is 0 Å². The SMILES string of the molecule is CCOc1ccccc1NC(=O)COc1ccc2oc3ccccc3c2c1. The largest absolute Gasteiger partial charge is 0.492 e. The molecule has 4 aromatic rings. The summed E-state index contributed by atoms with van der Waals surface area (Å²) in [6.07, 6.45) is 0. The second kappa shape index (κ2) is 7.41. The molecule has 0 unspecified atom stereocenters. The quantitative estimate of drug-likeness (QED) is 0.525. The van der Waals surface area contributed by atoms with Crippen molar-refractivity contribution < 1.29 is 18.7 Å². The second-order valence-corrected chi connectivity index (χ2v) is 6.02. The van der Waals surface area contributed by atoms with Gasteiger partial charge in [0.15, 0.2) is 6.61 Å². The lowest BCUT2D eigenvalue weighted by molar-refractivity contribution is -0.118. The molecule has 0 saturated carbocycles. The molecule has 5 heteroatoms. The van der Waals surface area contributed by atoms with E-state index in [0.717, 1.165) is 21.9 Å². The molecule has 0 saturated heterocycles. The van der Waals surface area contributed by atoms with Gasteiger partial charge in [0.05, 0.1) is 12.3 Å². The van der Waals surface area contributed by atoms with E-state index in [1.54, 1.807) is 12.1 Å². The third-order valence-corrected chi connectivity index (χ3v) is 4.18. The first-order valence-electron chi connectivity index (χ1n) is 8.80. The van der Waals surface area contributed by atoms with Crippen molar-refractivity contribution in [2.75, 3.05) is 18.5 Å². The number of rotatable bonds is 6. The molecule has 1 amide bonds. The highest BCUT2D eigenvalue weighted by molar-refractivity contribution is 6.05. The van der Waals surface area contributed by atoms with E-state index < -0.39 is 0 Å². The number of hydrogen-bond donors (Lipinski definition) is 1. The van der Waals surface area contributed by atoms with E-state index in [0.29, 0.717) is 23.8 Å². The first kappa shape index (κ1) is 17.0. The molecule has 0 spiro atoms. The Hall–Kier alpha value is -3.47. The molecule has 136 valence electrons. The summed E-state index contributed by atoms with van der Waals surface area (Å²) in [7, 11) is 0. The van der Waals surface area contributed by atoms with Gasteiger partial charge in [0.2, 0.25) is 0 Å².